The van der Waals surface area contributed by atoms with Gasteiger partial charge in [-0.3, -0.25) is 4.98 Å². The average molecular weight is 324 g/mol. The summed E-state index contributed by atoms with van der Waals surface area (Å²) in [6, 6.07) is 4.36. The molecule has 3 aromatic rings. The third kappa shape index (κ3) is 3.33. The first-order valence-electron chi connectivity index (χ1n) is 6.39. The van der Waals surface area contributed by atoms with Gasteiger partial charge >= 0.3 is 6.18 Å². The van der Waals surface area contributed by atoms with Crippen molar-refractivity contribution in [1.82, 2.24) is 20.1 Å². The lowest BCUT2D eigenvalue weighted by Crippen LogP contribution is -2.06. The SMILES string of the molecule is Fc1cccnc1-c1noc(Cc2cc(C(F)(F)F)ccn2)n1. The van der Waals surface area contributed by atoms with Crippen molar-refractivity contribution in [3.05, 3.63) is 59.6 Å². The van der Waals surface area contributed by atoms with Gasteiger partial charge in [0, 0.05) is 12.4 Å². The fraction of sp³-hybridized carbons (Fsp3) is 0.143. The number of halogens is 4. The average Bonchev–Trinajstić information content (AvgIpc) is 2.95. The molecule has 23 heavy (non-hydrogen) atoms. The van der Waals surface area contributed by atoms with Gasteiger partial charge in [-0.25, -0.2) is 9.37 Å². The van der Waals surface area contributed by atoms with Gasteiger partial charge in [0.1, 0.15) is 5.69 Å². The number of aromatic nitrogens is 4. The summed E-state index contributed by atoms with van der Waals surface area (Å²) in [5.74, 6) is -0.695. The van der Waals surface area contributed by atoms with Crippen LogP contribution in [0, 0.1) is 5.82 Å². The highest BCUT2D eigenvalue weighted by atomic mass is 19.4. The van der Waals surface area contributed by atoms with Crippen molar-refractivity contribution in [2.75, 3.05) is 0 Å². The first-order valence-corrected chi connectivity index (χ1v) is 6.39. The molecule has 118 valence electrons. The Kier molecular flexibility index (Phi) is 3.77. The second kappa shape index (κ2) is 5.75. The van der Waals surface area contributed by atoms with Crippen LogP contribution in [0.3, 0.4) is 0 Å². The van der Waals surface area contributed by atoms with E-state index < -0.39 is 17.6 Å². The zero-order valence-electron chi connectivity index (χ0n) is 11.4. The number of hydrogen-bond acceptors (Lipinski definition) is 5. The molecule has 0 aliphatic carbocycles. The summed E-state index contributed by atoms with van der Waals surface area (Å²) in [5, 5.41) is 3.58. The summed E-state index contributed by atoms with van der Waals surface area (Å²) in [4.78, 5) is 11.5. The number of pyridine rings is 2. The molecule has 0 unspecified atom stereocenters. The quantitative estimate of drug-likeness (QED) is 0.692. The van der Waals surface area contributed by atoms with Crippen molar-refractivity contribution in [3.63, 3.8) is 0 Å². The molecule has 0 bridgehead atoms. The molecule has 0 amide bonds. The van der Waals surface area contributed by atoms with Crippen LogP contribution in [-0.4, -0.2) is 20.1 Å². The van der Waals surface area contributed by atoms with E-state index in [9.17, 15) is 17.6 Å². The van der Waals surface area contributed by atoms with Crippen LogP contribution in [0.2, 0.25) is 0 Å². The van der Waals surface area contributed by atoms with Crippen LogP contribution in [0.4, 0.5) is 17.6 Å². The van der Waals surface area contributed by atoms with Gasteiger partial charge in [0.05, 0.1) is 17.7 Å². The molecule has 0 fully saturated rings. The molecule has 0 saturated carbocycles. The van der Waals surface area contributed by atoms with E-state index >= 15 is 0 Å². The number of rotatable bonds is 3. The van der Waals surface area contributed by atoms with Crippen LogP contribution < -0.4 is 0 Å². The molecule has 0 radical (unpaired) electrons. The Bertz CT molecular complexity index is 831. The predicted octanol–water partition coefficient (Wildman–Crippen LogP) is 3.28. The molecular formula is C14H8F4N4O. The Morgan fingerprint density at radius 3 is 2.65 bits per heavy atom. The van der Waals surface area contributed by atoms with E-state index in [0.717, 1.165) is 18.3 Å². The largest absolute Gasteiger partial charge is 0.416 e. The summed E-state index contributed by atoms with van der Waals surface area (Å²) in [6.07, 6.45) is -2.16. The van der Waals surface area contributed by atoms with Gasteiger partial charge in [0.2, 0.25) is 11.7 Å². The van der Waals surface area contributed by atoms with Crippen LogP contribution in [0.15, 0.2) is 41.2 Å². The van der Waals surface area contributed by atoms with Crippen LogP contribution in [0.25, 0.3) is 11.5 Å². The van der Waals surface area contributed by atoms with Crippen molar-refractivity contribution < 1.29 is 22.1 Å². The Labute approximate surface area is 127 Å². The highest BCUT2D eigenvalue weighted by Gasteiger charge is 2.30. The van der Waals surface area contributed by atoms with E-state index in [-0.39, 0.29) is 29.5 Å². The molecule has 0 aromatic carbocycles. The van der Waals surface area contributed by atoms with Gasteiger partial charge in [-0.15, -0.1) is 0 Å². The second-order valence-electron chi connectivity index (χ2n) is 4.56. The standard InChI is InChI=1S/C14H8F4N4O/c15-10-2-1-4-20-12(10)13-21-11(23-22-13)7-9-6-8(3-5-19-9)14(16,17)18/h1-6H,7H2. The Hall–Kier alpha value is -2.84. The third-order valence-electron chi connectivity index (χ3n) is 2.91. The van der Waals surface area contributed by atoms with Gasteiger partial charge in [-0.05, 0) is 24.3 Å². The molecular weight excluding hydrogens is 316 g/mol. The van der Waals surface area contributed by atoms with Crippen molar-refractivity contribution in [3.8, 4) is 11.5 Å². The lowest BCUT2D eigenvalue weighted by Gasteiger charge is -2.06. The maximum absolute atomic E-state index is 13.6. The minimum atomic E-state index is -4.46. The second-order valence-corrected chi connectivity index (χ2v) is 4.56. The summed E-state index contributed by atoms with van der Waals surface area (Å²) < 4.78 is 56.4. The fourth-order valence-electron chi connectivity index (χ4n) is 1.88. The van der Waals surface area contributed by atoms with Crippen molar-refractivity contribution >= 4 is 0 Å². The molecule has 0 N–H and O–H groups in total. The normalized spacial score (nSPS) is 11.7. The lowest BCUT2D eigenvalue weighted by molar-refractivity contribution is -0.137. The van der Waals surface area contributed by atoms with Crippen molar-refractivity contribution in [2.24, 2.45) is 0 Å². The summed E-state index contributed by atoms with van der Waals surface area (Å²) >= 11 is 0. The Morgan fingerprint density at radius 2 is 1.91 bits per heavy atom. The van der Waals surface area contributed by atoms with Crippen LogP contribution in [0.5, 0.6) is 0 Å². The maximum Gasteiger partial charge on any atom is 0.416 e. The molecule has 3 aromatic heterocycles. The van der Waals surface area contributed by atoms with Gasteiger partial charge in [-0.2, -0.15) is 18.2 Å². The monoisotopic (exact) mass is 324 g/mol. The molecule has 0 aliphatic heterocycles. The van der Waals surface area contributed by atoms with Gasteiger partial charge in [-0.1, -0.05) is 5.16 Å². The van der Waals surface area contributed by atoms with E-state index in [4.69, 9.17) is 4.52 Å². The van der Waals surface area contributed by atoms with Gasteiger partial charge in [0.25, 0.3) is 0 Å². The number of nitrogens with zero attached hydrogens (tertiary/aromatic N) is 4. The highest BCUT2D eigenvalue weighted by molar-refractivity contribution is 5.48. The molecule has 0 spiro atoms. The topological polar surface area (TPSA) is 64.7 Å². The van der Waals surface area contributed by atoms with Crippen LogP contribution in [-0.2, 0) is 12.6 Å². The summed E-state index contributed by atoms with van der Waals surface area (Å²) in [5.41, 5.74) is -0.811. The smallest absolute Gasteiger partial charge is 0.338 e. The Balaban J connectivity index is 1.84. The predicted molar refractivity (Wildman–Crippen MR) is 69.5 cm³/mol. The molecule has 3 rings (SSSR count). The van der Waals surface area contributed by atoms with Crippen molar-refractivity contribution in [1.29, 1.82) is 0 Å². The summed E-state index contributed by atoms with van der Waals surface area (Å²) in [7, 11) is 0. The van der Waals surface area contributed by atoms with Crippen molar-refractivity contribution in [2.45, 2.75) is 12.6 Å². The number of hydrogen-bond donors (Lipinski definition) is 0. The molecule has 9 heteroatoms. The molecule has 3 heterocycles. The van der Waals surface area contributed by atoms with E-state index in [0.29, 0.717) is 0 Å². The minimum absolute atomic E-state index is 0.0110. The molecule has 0 saturated heterocycles. The van der Waals surface area contributed by atoms with E-state index in [1.807, 2.05) is 0 Å². The van der Waals surface area contributed by atoms with E-state index in [1.54, 1.807) is 0 Å². The van der Waals surface area contributed by atoms with Gasteiger partial charge in [0.15, 0.2) is 5.82 Å². The summed E-state index contributed by atoms with van der Waals surface area (Å²) in [6.45, 7) is 0. The zero-order valence-corrected chi connectivity index (χ0v) is 11.4. The maximum atomic E-state index is 13.6. The first kappa shape index (κ1) is 15.1. The molecule has 0 aliphatic rings. The van der Waals surface area contributed by atoms with Crippen LogP contribution >= 0.6 is 0 Å². The number of alkyl halides is 3. The Morgan fingerprint density at radius 1 is 1.09 bits per heavy atom. The van der Waals surface area contributed by atoms with E-state index in [1.165, 1.54) is 18.3 Å². The lowest BCUT2D eigenvalue weighted by atomic mass is 10.2. The minimum Gasteiger partial charge on any atom is -0.338 e. The zero-order chi connectivity index (χ0) is 16.4. The third-order valence-corrected chi connectivity index (χ3v) is 2.91. The van der Waals surface area contributed by atoms with E-state index in [2.05, 4.69) is 20.1 Å². The highest BCUT2D eigenvalue weighted by Crippen LogP contribution is 2.29. The first-order chi connectivity index (χ1) is 10.9. The van der Waals surface area contributed by atoms with Gasteiger partial charge < -0.3 is 4.52 Å². The fourth-order valence-corrected chi connectivity index (χ4v) is 1.88. The molecule has 5 nitrogen and oxygen atoms in total. The molecule has 0 atom stereocenters. The van der Waals surface area contributed by atoms with Crippen LogP contribution in [0.1, 0.15) is 17.1 Å².